The summed E-state index contributed by atoms with van der Waals surface area (Å²) in [6, 6.07) is 0.389. The molecule has 0 aromatic carbocycles. The summed E-state index contributed by atoms with van der Waals surface area (Å²) in [5.74, 6) is 1.43. The van der Waals surface area contributed by atoms with Crippen LogP contribution in [0.3, 0.4) is 0 Å². The molecule has 0 unspecified atom stereocenters. The summed E-state index contributed by atoms with van der Waals surface area (Å²) in [4.78, 5) is 26.4. The Bertz CT molecular complexity index is 474. The lowest BCUT2D eigenvalue weighted by Crippen LogP contribution is -2.54. The van der Waals surface area contributed by atoms with Crippen LogP contribution in [0.5, 0.6) is 0 Å². The van der Waals surface area contributed by atoms with Gasteiger partial charge < -0.3 is 4.90 Å². The van der Waals surface area contributed by atoms with Gasteiger partial charge in [-0.25, -0.2) is 5.01 Å². The van der Waals surface area contributed by atoms with Crippen molar-refractivity contribution in [2.24, 2.45) is 16.9 Å². The molecule has 0 radical (unpaired) electrons. The van der Waals surface area contributed by atoms with Gasteiger partial charge in [0.05, 0.1) is 0 Å². The maximum absolute atomic E-state index is 12.8. The Kier molecular flexibility index (Phi) is 4.00. The highest BCUT2D eigenvalue weighted by molar-refractivity contribution is 6.39. The van der Waals surface area contributed by atoms with Gasteiger partial charge >= 0.3 is 0 Å². The zero-order valence-electron chi connectivity index (χ0n) is 13.0. The molecule has 0 spiro atoms. The molecular formula is C16H25N3O2. The summed E-state index contributed by atoms with van der Waals surface area (Å²) in [6.07, 6.45) is 6.89. The van der Waals surface area contributed by atoms with Gasteiger partial charge in [0, 0.05) is 32.5 Å². The van der Waals surface area contributed by atoms with E-state index in [-0.39, 0.29) is 11.8 Å². The average Bonchev–Trinajstić information content (AvgIpc) is 2.50. The molecule has 5 nitrogen and oxygen atoms in total. The van der Waals surface area contributed by atoms with Gasteiger partial charge in [0.2, 0.25) is 5.91 Å². The monoisotopic (exact) mass is 291 g/mol. The van der Waals surface area contributed by atoms with Crippen molar-refractivity contribution in [3.05, 3.63) is 0 Å². The maximum Gasteiger partial charge on any atom is 0.270 e. The van der Waals surface area contributed by atoms with Crippen molar-refractivity contribution in [2.45, 2.75) is 57.9 Å². The normalized spacial score (nSPS) is 33.5. The fourth-order valence-corrected chi connectivity index (χ4v) is 4.15. The zero-order valence-corrected chi connectivity index (χ0v) is 13.0. The number of fused-ring (bicyclic) bond motifs is 1. The smallest absolute Gasteiger partial charge is 0.270 e. The van der Waals surface area contributed by atoms with E-state index in [9.17, 15) is 9.59 Å². The van der Waals surface area contributed by atoms with E-state index in [1.165, 1.54) is 24.3 Å². The van der Waals surface area contributed by atoms with Crippen LogP contribution < -0.4 is 0 Å². The van der Waals surface area contributed by atoms with Crippen molar-refractivity contribution in [2.75, 3.05) is 13.6 Å². The van der Waals surface area contributed by atoms with Gasteiger partial charge in [-0.3, -0.25) is 9.59 Å². The standard InChI is InChI=1S/C16H25N3O2/c1-11-9-10-19(14-6-4-3-5-12(11)14)16(21)13-7-8-15(20)18(2)17-13/h11-12,14H,3-10H2,1-2H3/t11-,12+,14+/m1/s1. The molecule has 2 fully saturated rings. The predicted octanol–water partition coefficient (Wildman–Crippen LogP) is 2.02. The van der Waals surface area contributed by atoms with Crippen LogP contribution in [-0.4, -0.2) is 47.1 Å². The van der Waals surface area contributed by atoms with E-state index in [0.29, 0.717) is 30.5 Å². The summed E-state index contributed by atoms with van der Waals surface area (Å²) in [7, 11) is 1.64. The molecule has 116 valence electrons. The third-order valence-electron chi connectivity index (χ3n) is 5.45. The number of piperidine rings is 1. The molecule has 0 bridgehead atoms. The molecule has 2 amide bonds. The molecule has 0 aromatic rings. The zero-order chi connectivity index (χ0) is 15.0. The number of hydrogen-bond donors (Lipinski definition) is 0. The van der Waals surface area contributed by atoms with Gasteiger partial charge in [-0.05, 0) is 31.1 Å². The molecule has 1 aliphatic carbocycles. The van der Waals surface area contributed by atoms with Gasteiger partial charge in [-0.2, -0.15) is 5.10 Å². The van der Waals surface area contributed by atoms with E-state index < -0.39 is 0 Å². The van der Waals surface area contributed by atoms with Crippen LogP contribution in [0.25, 0.3) is 0 Å². The average molecular weight is 291 g/mol. The Morgan fingerprint density at radius 2 is 1.95 bits per heavy atom. The predicted molar refractivity (Wildman–Crippen MR) is 80.7 cm³/mol. The third-order valence-corrected chi connectivity index (χ3v) is 5.45. The molecule has 1 saturated carbocycles. The summed E-state index contributed by atoms with van der Waals surface area (Å²) in [5.41, 5.74) is 0.566. The van der Waals surface area contributed by atoms with Gasteiger partial charge in [0.15, 0.2) is 0 Å². The first-order valence-electron chi connectivity index (χ1n) is 8.23. The number of hydrogen-bond acceptors (Lipinski definition) is 3. The second-order valence-electron chi connectivity index (χ2n) is 6.74. The van der Waals surface area contributed by atoms with Gasteiger partial charge in [-0.15, -0.1) is 0 Å². The molecule has 2 aliphatic heterocycles. The first-order chi connectivity index (χ1) is 10.1. The fourth-order valence-electron chi connectivity index (χ4n) is 4.15. The second-order valence-corrected chi connectivity index (χ2v) is 6.74. The molecule has 0 N–H and O–H groups in total. The number of carbonyl (C=O) groups is 2. The Hall–Kier alpha value is -1.39. The van der Waals surface area contributed by atoms with Crippen LogP contribution in [0.15, 0.2) is 5.10 Å². The van der Waals surface area contributed by atoms with E-state index in [0.717, 1.165) is 25.3 Å². The number of amides is 2. The van der Waals surface area contributed by atoms with Crippen molar-refractivity contribution in [1.29, 1.82) is 0 Å². The van der Waals surface area contributed by atoms with E-state index in [4.69, 9.17) is 0 Å². The van der Waals surface area contributed by atoms with Crippen LogP contribution in [0.2, 0.25) is 0 Å². The Labute approximate surface area is 126 Å². The Morgan fingerprint density at radius 3 is 2.71 bits per heavy atom. The number of likely N-dealkylation sites (tertiary alicyclic amines) is 1. The molecular weight excluding hydrogens is 266 g/mol. The third kappa shape index (κ3) is 2.70. The van der Waals surface area contributed by atoms with Crippen LogP contribution in [0, 0.1) is 11.8 Å². The van der Waals surface area contributed by atoms with Crippen LogP contribution in [-0.2, 0) is 9.59 Å². The van der Waals surface area contributed by atoms with Crippen LogP contribution >= 0.6 is 0 Å². The molecule has 1 saturated heterocycles. The molecule has 3 aliphatic rings. The van der Waals surface area contributed by atoms with Crippen LogP contribution in [0.4, 0.5) is 0 Å². The highest BCUT2D eigenvalue weighted by Gasteiger charge is 2.40. The largest absolute Gasteiger partial charge is 0.334 e. The lowest BCUT2D eigenvalue weighted by molar-refractivity contribution is -0.133. The first kappa shape index (κ1) is 14.5. The molecule has 2 heterocycles. The highest BCUT2D eigenvalue weighted by atomic mass is 16.2. The molecule has 5 heteroatoms. The molecule has 3 rings (SSSR count). The minimum atomic E-state index is -0.00522. The van der Waals surface area contributed by atoms with Crippen molar-refractivity contribution in [3.63, 3.8) is 0 Å². The number of carbonyl (C=O) groups excluding carboxylic acids is 2. The Morgan fingerprint density at radius 1 is 1.19 bits per heavy atom. The van der Waals surface area contributed by atoms with Crippen molar-refractivity contribution in [1.82, 2.24) is 9.91 Å². The van der Waals surface area contributed by atoms with Crippen molar-refractivity contribution in [3.8, 4) is 0 Å². The number of hydrazone groups is 1. The van der Waals surface area contributed by atoms with Crippen molar-refractivity contribution >= 4 is 17.5 Å². The van der Waals surface area contributed by atoms with Gasteiger partial charge in [0.25, 0.3) is 5.91 Å². The summed E-state index contributed by atoms with van der Waals surface area (Å²) in [5, 5.41) is 5.53. The highest BCUT2D eigenvalue weighted by Crippen LogP contribution is 2.39. The van der Waals surface area contributed by atoms with Gasteiger partial charge in [0.1, 0.15) is 5.71 Å². The van der Waals surface area contributed by atoms with E-state index in [1.807, 2.05) is 0 Å². The van der Waals surface area contributed by atoms with E-state index in [1.54, 1.807) is 7.05 Å². The topological polar surface area (TPSA) is 53.0 Å². The summed E-state index contributed by atoms with van der Waals surface area (Å²) in [6.45, 7) is 3.17. The molecule has 0 aromatic heterocycles. The number of rotatable bonds is 1. The second kappa shape index (κ2) is 5.78. The SMILES string of the molecule is C[C@@H]1CCN(C(=O)C2=NN(C)C(=O)CC2)[C@H]2CCCC[C@@H]12. The fraction of sp³-hybridized carbons (Fsp3) is 0.812. The minimum absolute atomic E-state index is 0.00522. The molecule has 21 heavy (non-hydrogen) atoms. The minimum Gasteiger partial charge on any atom is -0.334 e. The Balaban J connectivity index is 1.77. The summed E-state index contributed by atoms with van der Waals surface area (Å²) >= 11 is 0. The lowest BCUT2D eigenvalue weighted by Gasteiger charge is -2.47. The first-order valence-corrected chi connectivity index (χ1v) is 8.23. The maximum atomic E-state index is 12.8. The van der Waals surface area contributed by atoms with Crippen LogP contribution in [0.1, 0.15) is 51.9 Å². The molecule has 3 atom stereocenters. The lowest BCUT2D eigenvalue weighted by atomic mass is 9.72. The quantitative estimate of drug-likeness (QED) is 0.742. The van der Waals surface area contributed by atoms with Gasteiger partial charge in [-0.1, -0.05) is 19.8 Å². The van der Waals surface area contributed by atoms with Crippen molar-refractivity contribution < 1.29 is 9.59 Å². The summed E-state index contributed by atoms with van der Waals surface area (Å²) < 4.78 is 0. The van der Waals surface area contributed by atoms with E-state index in [2.05, 4.69) is 16.9 Å². The van der Waals surface area contributed by atoms with E-state index >= 15 is 0 Å². The number of nitrogens with zero attached hydrogens (tertiary/aromatic N) is 3.